The minimum Gasteiger partial charge on any atom is -0.467 e. The number of hydrogen-bond acceptors (Lipinski definition) is 3. The summed E-state index contributed by atoms with van der Waals surface area (Å²) in [6.45, 7) is 1.65. The fourth-order valence-corrected chi connectivity index (χ4v) is 3.13. The van der Waals surface area contributed by atoms with Crippen molar-refractivity contribution >= 4 is 11.9 Å². The van der Waals surface area contributed by atoms with Crippen LogP contribution in [0.15, 0.2) is 0 Å². The van der Waals surface area contributed by atoms with Crippen molar-refractivity contribution in [3.63, 3.8) is 0 Å². The first kappa shape index (κ1) is 16.2. The van der Waals surface area contributed by atoms with Crippen molar-refractivity contribution in [1.82, 2.24) is 4.90 Å². The van der Waals surface area contributed by atoms with Crippen LogP contribution >= 0.6 is 0 Å². The summed E-state index contributed by atoms with van der Waals surface area (Å²) in [6.07, 6.45) is 2.69. The SMILES string of the molecule is COC(=O)C(C)N(C(=O)C1CCC(F)(F)CC1)C1CCC1. The Bertz CT molecular complexity index is 400. The summed E-state index contributed by atoms with van der Waals surface area (Å²) in [5.41, 5.74) is 0. The predicted molar refractivity (Wildman–Crippen MR) is 72.9 cm³/mol. The number of carbonyl (C=O) groups excluding carboxylic acids is 2. The Morgan fingerprint density at radius 1 is 1.19 bits per heavy atom. The number of hydrogen-bond donors (Lipinski definition) is 0. The van der Waals surface area contributed by atoms with Gasteiger partial charge in [-0.2, -0.15) is 0 Å². The fourth-order valence-electron chi connectivity index (χ4n) is 3.13. The molecule has 0 radical (unpaired) electrons. The van der Waals surface area contributed by atoms with Gasteiger partial charge in [-0.1, -0.05) is 0 Å². The minimum absolute atomic E-state index is 0.0500. The number of nitrogens with zero attached hydrogens (tertiary/aromatic N) is 1. The maximum Gasteiger partial charge on any atom is 0.328 e. The zero-order valence-corrected chi connectivity index (χ0v) is 12.6. The molecule has 2 aliphatic rings. The number of esters is 1. The second kappa shape index (κ2) is 6.28. The molecule has 0 bridgehead atoms. The van der Waals surface area contributed by atoms with Crippen molar-refractivity contribution in [2.45, 2.75) is 69.9 Å². The maximum atomic E-state index is 13.2. The first-order valence-corrected chi connectivity index (χ1v) is 7.63. The zero-order valence-electron chi connectivity index (χ0n) is 12.6. The van der Waals surface area contributed by atoms with Gasteiger partial charge in [-0.15, -0.1) is 0 Å². The molecule has 1 amide bonds. The molecule has 2 rings (SSSR count). The van der Waals surface area contributed by atoms with E-state index in [4.69, 9.17) is 4.74 Å². The minimum atomic E-state index is -2.65. The van der Waals surface area contributed by atoms with Gasteiger partial charge in [-0.25, -0.2) is 13.6 Å². The van der Waals surface area contributed by atoms with Crippen LogP contribution in [0.1, 0.15) is 51.9 Å². The second-order valence-electron chi connectivity index (χ2n) is 6.16. The van der Waals surface area contributed by atoms with Crippen LogP contribution in [0, 0.1) is 5.92 Å². The predicted octanol–water partition coefficient (Wildman–Crippen LogP) is 2.75. The molecule has 21 heavy (non-hydrogen) atoms. The third-order valence-corrected chi connectivity index (χ3v) is 4.75. The Kier molecular flexibility index (Phi) is 4.84. The van der Waals surface area contributed by atoms with Gasteiger partial charge in [0.25, 0.3) is 0 Å². The van der Waals surface area contributed by atoms with Crippen LogP contribution in [0.4, 0.5) is 8.78 Å². The summed E-state index contributed by atoms with van der Waals surface area (Å²) in [7, 11) is 1.30. The molecule has 0 aromatic carbocycles. The van der Waals surface area contributed by atoms with Gasteiger partial charge in [0.2, 0.25) is 11.8 Å². The maximum absolute atomic E-state index is 13.2. The smallest absolute Gasteiger partial charge is 0.328 e. The number of methoxy groups -OCH3 is 1. The van der Waals surface area contributed by atoms with E-state index in [9.17, 15) is 18.4 Å². The van der Waals surface area contributed by atoms with Crippen molar-refractivity contribution in [3.05, 3.63) is 0 Å². The number of alkyl halides is 2. The lowest BCUT2D eigenvalue weighted by molar-refractivity contribution is -0.159. The van der Waals surface area contributed by atoms with Crippen molar-refractivity contribution in [3.8, 4) is 0 Å². The van der Waals surface area contributed by atoms with Gasteiger partial charge in [0, 0.05) is 24.8 Å². The van der Waals surface area contributed by atoms with E-state index in [0.717, 1.165) is 19.3 Å². The molecule has 0 aromatic rings. The third kappa shape index (κ3) is 3.52. The number of halogens is 2. The molecular formula is C15H23F2NO3. The second-order valence-corrected chi connectivity index (χ2v) is 6.16. The lowest BCUT2D eigenvalue weighted by Crippen LogP contribution is -2.54. The highest BCUT2D eigenvalue weighted by Gasteiger charge is 2.43. The highest BCUT2D eigenvalue weighted by Crippen LogP contribution is 2.38. The molecule has 0 aromatic heterocycles. The van der Waals surface area contributed by atoms with Crippen LogP contribution in [0.3, 0.4) is 0 Å². The molecule has 2 aliphatic carbocycles. The molecular weight excluding hydrogens is 280 g/mol. The Balaban J connectivity index is 2.06. The average molecular weight is 303 g/mol. The summed E-state index contributed by atoms with van der Waals surface area (Å²) < 4.78 is 31.2. The van der Waals surface area contributed by atoms with Gasteiger partial charge in [-0.05, 0) is 39.0 Å². The van der Waals surface area contributed by atoms with E-state index in [0.29, 0.717) is 0 Å². The number of rotatable bonds is 4. The van der Waals surface area contributed by atoms with Crippen molar-refractivity contribution in [1.29, 1.82) is 0 Å². The van der Waals surface area contributed by atoms with Gasteiger partial charge in [0.05, 0.1) is 7.11 Å². The topological polar surface area (TPSA) is 46.6 Å². The van der Waals surface area contributed by atoms with E-state index in [1.165, 1.54) is 7.11 Å². The van der Waals surface area contributed by atoms with Crippen LogP contribution in [-0.2, 0) is 14.3 Å². The molecule has 120 valence electrons. The standard InChI is InChI=1S/C15H23F2NO3/c1-10(14(20)21-2)18(12-4-3-5-12)13(19)11-6-8-15(16,17)9-7-11/h10-12H,3-9H2,1-2H3. The van der Waals surface area contributed by atoms with Gasteiger partial charge < -0.3 is 9.64 Å². The molecule has 0 aliphatic heterocycles. The zero-order chi connectivity index (χ0) is 15.6. The number of carbonyl (C=O) groups is 2. The Hall–Kier alpha value is -1.20. The van der Waals surface area contributed by atoms with E-state index in [1.54, 1.807) is 11.8 Å². The lowest BCUT2D eigenvalue weighted by Gasteiger charge is -2.42. The molecule has 0 saturated heterocycles. The molecule has 2 saturated carbocycles. The third-order valence-electron chi connectivity index (χ3n) is 4.75. The first-order valence-electron chi connectivity index (χ1n) is 7.63. The average Bonchev–Trinajstić information content (AvgIpc) is 2.40. The van der Waals surface area contributed by atoms with Gasteiger partial charge in [0.15, 0.2) is 0 Å². The monoisotopic (exact) mass is 303 g/mol. The van der Waals surface area contributed by atoms with Crippen LogP contribution in [0.2, 0.25) is 0 Å². The molecule has 1 unspecified atom stereocenters. The molecule has 6 heteroatoms. The van der Waals surface area contributed by atoms with Crippen molar-refractivity contribution in [2.24, 2.45) is 5.92 Å². The summed E-state index contributed by atoms with van der Waals surface area (Å²) in [4.78, 5) is 26.0. The summed E-state index contributed by atoms with van der Waals surface area (Å²) in [5.74, 6) is -3.65. The van der Waals surface area contributed by atoms with Crippen LogP contribution < -0.4 is 0 Å². The van der Waals surface area contributed by atoms with E-state index >= 15 is 0 Å². The molecule has 1 atom stereocenters. The van der Waals surface area contributed by atoms with Crippen LogP contribution in [0.25, 0.3) is 0 Å². The Morgan fingerprint density at radius 3 is 2.19 bits per heavy atom. The van der Waals surface area contributed by atoms with E-state index in [1.807, 2.05) is 0 Å². The number of ether oxygens (including phenoxy) is 1. The first-order chi connectivity index (χ1) is 9.85. The fraction of sp³-hybridized carbons (Fsp3) is 0.867. The van der Waals surface area contributed by atoms with E-state index < -0.39 is 23.9 Å². The molecule has 4 nitrogen and oxygen atoms in total. The Labute approximate surface area is 123 Å². The molecule has 0 spiro atoms. The van der Waals surface area contributed by atoms with E-state index in [-0.39, 0.29) is 37.6 Å². The van der Waals surface area contributed by atoms with Crippen molar-refractivity contribution in [2.75, 3.05) is 7.11 Å². The Morgan fingerprint density at radius 2 is 1.76 bits per heavy atom. The van der Waals surface area contributed by atoms with Crippen LogP contribution in [0.5, 0.6) is 0 Å². The van der Waals surface area contributed by atoms with Gasteiger partial charge in [-0.3, -0.25) is 4.79 Å². The molecule has 2 fully saturated rings. The molecule has 0 heterocycles. The largest absolute Gasteiger partial charge is 0.467 e. The normalized spacial score (nSPS) is 24.0. The van der Waals surface area contributed by atoms with Gasteiger partial charge >= 0.3 is 5.97 Å². The summed E-state index contributed by atoms with van der Waals surface area (Å²) in [6, 6.07) is -0.593. The summed E-state index contributed by atoms with van der Waals surface area (Å²) >= 11 is 0. The highest BCUT2D eigenvalue weighted by molar-refractivity contribution is 5.86. The van der Waals surface area contributed by atoms with Crippen molar-refractivity contribution < 1.29 is 23.1 Å². The molecule has 0 N–H and O–H groups in total. The van der Waals surface area contributed by atoms with Gasteiger partial charge in [0.1, 0.15) is 6.04 Å². The highest BCUT2D eigenvalue weighted by atomic mass is 19.3. The quantitative estimate of drug-likeness (QED) is 0.750. The number of amides is 1. The lowest BCUT2D eigenvalue weighted by atomic mass is 9.83. The van der Waals surface area contributed by atoms with Crippen LogP contribution in [-0.4, -0.2) is 41.9 Å². The van der Waals surface area contributed by atoms with E-state index in [2.05, 4.69) is 0 Å². The summed E-state index contributed by atoms with van der Waals surface area (Å²) in [5, 5.41) is 0.